The Kier molecular flexibility index (Phi) is 4.81. The Morgan fingerprint density at radius 2 is 0.600 bits per heavy atom. The van der Waals surface area contributed by atoms with Gasteiger partial charge in [0.25, 0.3) is 0 Å². The molecule has 186 valence electrons. The second-order valence-electron chi connectivity index (χ2n) is 11.1. The summed E-state index contributed by atoms with van der Waals surface area (Å²) >= 11 is -1.98. The molecule has 40 heavy (non-hydrogen) atoms. The molecule has 0 aliphatic carbocycles. The number of benzene rings is 3. The maximum absolute atomic E-state index is 5.44. The van der Waals surface area contributed by atoms with Crippen molar-refractivity contribution in [1.29, 1.82) is 0 Å². The zero-order chi connectivity index (χ0) is 26.2. The van der Waals surface area contributed by atoms with Crippen LogP contribution in [0.15, 0.2) is 127 Å². The molecule has 6 aromatic rings. The van der Waals surface area contributed by atoms with E-state index < -0.39 is 14.1 Å². The first-order valence-electron chi connectivity index (χ1n) is 14.0. The molecule has 0 spiro atoms. The Morgan fingerprint density at radius 1 is 0.325 bits per heavy atom. The summed E-state index contributed by atoms with van der Waals surface area (Å²) in [6, 6.07) is 47.0. The van der Waals surface area contributed by atoms with Crippen LogP contribution in [0.4, 0.5) is 0 Å². The molecule has 0 fully saturated rings. The van der Waals surface area contributed by atoms with E-state index in [2.05, 4.69) is 127 Å². The highest BCUT2D eigenvalue weighted by Crippen LogP contribution is 2.39. The van der Waals surface area contributed by atoms with Crippen LogP contribution in [-0.4, -0.2) is 29.1 Å². The highest BCUT2D eigenvalue weighted by Gasteiger charge is 2.40. The van der Waals surface area contributed by atoms with Gasteiger partial charge in [0.15, 0.2) is 0 Å². The van der Waals surface area contributed by atoms with E-state index in [4.69, 9.17) is 15.0 Å². The van der Waals surface area contributed by atoms with Gasteiger partial charge in [0.1, 0.15) is 0 Å². The molecule has 0 radical (unpaired) electrons. The highest BCUT2D eigenvalue weighted by atomic mass is 27.2. The van der Waals surface area contributed by atoms with Crippen LogP contribution in [0.2, 0.25) is 0 Å². The third-order valence-electron chi connectivity index (χ3n) is 9.01. The van der Waals surface area contributed by atoms with E-state index in [0.29, 0.717) is 0 Å². The Labute approximate surface area is 237 Å². The summed E-state index contributed by atoms with van der Waals surface area (Å²) in [6.07, 6.45) is 0. The SMILES string of the molecule is c1cc2nc(c1)C1c3cccc(n3)C3c4cccc(n4)C2c2cccc[c]2[Al]([c]2ccccc21)[c]1ccccc13. The molecule has 3 aromatic carbocycles. The number of rotatable bonds is 0. The van der Waals surface area contributed by atoms with E-state index in [0.717, 1.165) is 34.2 Å². The van der Waals surface area contributed by atoms with Crippen molar-refractivity contribution in [2.24, 2.45) is 0 Å². The monoisotopic (exact) mass is 525 g/mol. The Morgan fingerprint density at radius 3 is 0.900 bits per heavy atom. The van der Waals surface area contributed by atoms with Crippen molar-refractivity contribution in [1.82, 2.24) is 15.0 Å². The zero-order valence-electron chi connectivity index (χ0n) is 21.8. The number of fused-ring (bicyclic) bond motifs is 12. The lowest BCUT2D eigenvalue weighted by Crippen LogP contribution is -2.57. The minimum atomic E-state index is -1.98. The predicted molar refractivity (Wildman–Crippen MR) is 160 cm³/mol. The molecule has 0 saturated heterocycles. The van der Waals surface area contributed by atoms with Crippen LogP contribution in [0.3, 0.4) is 0 Å². The summed E-state index contributed by atoms with van der Waals surface area (Å²) in [5.74, 6) is -0.143. The number of pyridine rings is 3. The van der Waals surface area contributed by atoms with Crippen molar-refractivity contribution in [2.45, 2.75) is 17.8 Å². The average Bonchev–Trinajstić information content (AvgIpc) is 3.00. The first-order valence-corrected chi connectivity index (χ1v) is 15.8. The molecule has 4 heteroatoms. The van der Waals surface area contributed by atoms with Gasteiger partial charge in [0.05, 0.1) is 51.9 Å². The second-order valence-corrected chi connectivity index (χ2v) is 13.8. The minimum Gasteiger partial charge on any atom is -0.256 e. The zero-order valence-corrected chi connectivity index (χ0v) is 22.9. The van der Waals surface area contributed by atoms with E-state index in [9.17, 15) is 0 Å². The molecule has 0 N–H and O–H groups in total. The van der Waals surface area contributed by atoms with Gasteiger partial charge in [-0.05, 0) is 53.1 Å². The van der Waals surface area contributed by atoms with Gasteiger partial charge in [-0.2, -0.15) is 0 Å². The number of aromatic nitrogens is 3. The van der Waals surface area contributed by atoms with E-state index >= 15 is 0 Å². The summed E-state index contributed by atoms with van der Waals surface area (Å²) in [5, 5.41) is 0. The van der Waals surface area contributed by atoms with Crippen molar-refractivity contribution in [3.63, 3.8) is 0 Å². The van der Waals surface area contributed by atoms with Crippen LogP contribution in [-0.2, 0) is 0 Å². The third-order valence-corrected chi connectivity index (χ3v) is 12.4. The van der Waals surface area contributed by atoms with Gasteiger partial charge in [-0.25, -0.2) is 0 Å². The fraction of sp³-hybridized carbons (Fsp3) is 0.0833. The summed E-state index contributed by atoms with van der Waals surface area (Å²) in [5.41, 5.74) is 10.3. The molecule has 0 unspecified atom stereocenters. The summed E-state index contributed by atoms with van der Waals surface area (Å²) in [7, 11) is 0. The van der Waals surface area contributed by atoms with E-state index in [1.54, 1.807) is 0 Å². The largest absolute Gasteiger partial charge is 0.384 e. The molecule has 0 saturated carbocycles. The van der Waals surface area contributed by atoms with Gasteiger partial charge >= 0.3 is 14.1 Å². The summed E-state index contributed by atoms with van der Waals surface area (Å²) < 4.78 is 4.35. The third kappa shape index (κ3) is 3.15. The standard InChI is InChI=1S/C36H24N3.Al/c1-4-13-25(14-5-1)34-28-19-10-21-30(37-28)35(26-15-6-2-7-16-26)32-23-12-24-33(39-32)36(27-17-8-3-9-18-27)31-22-11-20-29(34)38-31;/h1-13,15,17,19-24,34-36H;. The lowest BCUT2D eigenvalue weighted by molar-refractivity contribution is 0.772. The lowest BCUT2D eigenvalue weighted by atomic mass is 9.85. The fourth-order valence-electron chi connectivity index (χ4n) is 7.39. The molecule has 10 bridgehead atoms. The van der Waals surface area contributed by atoms with Crippen LogP contribution in [0, 0.1) is 0 Å². The van der Waals surface area contributed by atoms with Crippen LogP contribution in [0.1, 0.15) is 68.6 Å². The molecule has 0 atom stereocenters. The van der Waals surface area contributed by atoms with E-state index in [-0.39, 0.29) is 17.8 Å². The van der Waals surface area contributed by atoms with Crippen LogP contribution < -0.4 is 13.3 Å². The van der Waals surface area contributed by atoms with Gasteiger partial charge in [0, 0.05) is 0 Å². The Balaban J connectivity index is 1.58. The topological polar surface area (TPSA) is 38.7 Å². The van der Waals surface area contributed by atoms with Gasteiger partial charge < -0.3 is 0 Å². The molecule has 6 heterocycles. The van der Waals surface area contributed by atoms with Gasteiger partial charge in [-0.15, -0.1) is 0 Å². The average molecular weight is 526 g/mol. The van der Waals surface area contributed by atoms with Gasteiger partial charge in [0.2, 0.25) is 0 Å². The molecule has 3 aliphatic rings. The normalized spacial score (nSPS) is 19.2. The number of hydrogen-bond acceptors (Lipinski definition) is 3. The van der Waals surface area contributed by atoms with E-state index in [1.807, 2.05) is 0 Å². The maximum Gasteiger partial charge on any atom is 0.384 e. The predicted octanol–water partition coefficient (Wildman–Crippen LogP) is 4.87. The van der Waals surface area contributed by atoms with Gasteiger partial charge in [-0.1, -0.05) is 104 Å². The Bertz CT molecular complexity index is 1680. The minimum absolute atomic E-state index is 0.0475. The summed E-state index contributed by atoms with van der Waals surface area (Å²) in [4.78, 5) is 16.3. The highest BCUT2D eigenvalue weighted by molar-refractivity contribution is 6.96. The molecule has 9 rings (SSSR count). The van der Waals surface area contributed by atoms with E-state index in [1.165, 1.54) is 30.0 Å². The van der Waals surface area contributed by atoms with Crippen molar-refractivity contribution in [3.8, 4) is 0 Å². The maximum atomic E-state index is 5.44. The lowest BCUT2D eigenvalue weighted by Gasteiger charge is -2.34. The number of nitrogens with zero attached hydrogens (tertiary/aromatic N) is 3. The fourth-order valence-corrected chi connectivity index (χ4v) is 11.1. The molecular formula is C36H24AlN3. The molecule has 3 aliphatic heterocycles. The van der Waals surface area contributed by atoms with Crippen molar-refractivity contribution >= 4 is 27.4 Å². The quantitative estimate of drug-likeness (QED) is 0.265. The van der Waals surface area contributed by atoms with Crippen LogP contribution in [0.5, 0.6) is 0 Å². The Hall–Kier alpha value is -4.36. The molecular weight excluding hydrogens is 501 g/mol. The number of hydrogen-bond donors (Lipinski definition) is 0. The molecule has 3 nitrogen and oxygen atoms in total. The van der Waals surface area contributed by atoms with Crippen LogP contribution in [0.25, 0.3) is 0 Å². The van der Waals surface area contributed by atoms with Crippen molar-refractivity contribution in [3.05, 3.63) is 178 Å². The second kappa shape index (κ2) is 8.57. The molecule has 0 amide bonds. The van der Waals surface area contributed by atoms with Crippen molar-refractivity contribution in [2.75, 3.05) is 0 Å². The summed E-state index contributed by atoms with van der Waals surface area (Å²) in [6.45, 7) is 0. The first kappa shape index (κ1) is 22.5. The first-order chi connectivity index (χ1) is 19.8. The molecule has 3 aromatic heterocycles. The van der Waals surface area contributed by atoms with Crippen LogP contribution >= 0.6 is 0 Å². The smallest absolute Gasteiger partial charge is 0.256 e. The van der Waals surface area contributed by atoms with Gasteiger partial charge in [-0.3, -0.25) is 15.0 Å². The van der Waals surface area contributed by atoms with Crippen molar-refractivity contribution < 1.29 is 0 Å².